The van der Waals surface area contributed by atoms with Crippen molar-refractivity contribution < 1.29 is 13.3 Å². The molecular weight excluding hydrogens is 320 g/mol. The fraction of sp³-hybridized carbons (Fsp3) is 0.571. The zero-order valence-electron chi connectivity index (χ0n) is 13.0. The SMILES string of the molecule is CNS(=O)(=O)c1ccc(NC(CN)C2CCCC2)c([N+](=O)[O-])c1. The second kappa shape index (κ2) is 7.24. The van der Waals surface area contributed by atoms with Crippen LogP contribution in [-0.4, -0.2) is 33.0 Å². The third-order valence-electron chi connectivity index (χ3n) is 4.31. The molecule has 0 aromatic heterocycles. The minimum atomic E-state index is -3.73. The lowest BCUT2D eigenvalue weighted by Gasteiger charge is -2.24. The molecule has 1 aromatic carbocycles. The molecule has 1 aliphatic carbocycles. The summed E-state index contributed by atoms with van der Waals surface area (Å²) >= 11 is 0. The Bertz CT molecular complexity index is 671. The van der Waals surface area contributed by atoms with E-state index in [1.807, 2.05) is 0 Å². The van der Waals surface area contributed by atoms with Gasteiger partial charge in [-0.15, -0.1) is 0 Å². The number of nitrogens with one attached hydrogen (secondary N) is 2. The largest absolute Gasteiger partial charge is 0.375 e. The Hall–Kier alpha value is -1.71. The van der Waals surface area contributed by atoms with Crippen LogP contribution in [0.5, 0.6) is 0 Å². The van der Waals surface area contributed by atoms with E-state index >= 15 is 0 Å². The first-order valence-corrected chi connectivity index (χ1v) is 9.06. The van der Waals surface area contributed by atoms with Crippen LogP contribution in [0.15, 0.2) is 23.1 Å². The average molecular weight is 342 g/mol. The fourth-order valence-electron chi connectivity index (χ4n) is 3.00. The van der Waals surface area contributed by atoms with Crippen molar-refractivity contribution in [3.05, 3.63) is 28.3 Å². The Balaban J connectivity index is 2.32. The van der Waals surface area contributed by atoms with Crippen molar-refractivity contribution in [1.29, 1.82) is 0 Å². The number of anilines is 1. The van der Waals surface area contributed by atoms with Crippen molar-refractivity contribution in [3.63, 3.8) is 0 Å². The van der Waals surface area contributed by atoms with Crippen LogP contribution in [0, 0.1) is 16.0 Å². The normalized spacial score (nSPS) is 17.1. The molecule has 9 heteroatoms. The number of hydrogen-bond donors (Lipinski definition) is 3. The van der Waals surface area contributed by atoms with Crippen molar-refractivity contribution in [2.45, 2.75) is 36.6 Å². The lowest BCUT2D eigenvalue weighted by atomic mass is 9.98. The maximum Gasteiger partial charge on any atom is 0.293 e. The molecule has 23 heavy (non-hydrogen) atoms. The standard InChI is InChI=1S/C14H22N4O4S/c1-16-23(21,22)11-6-7-12(14(8-11)18(19)20)17-13(9-15)10-4-2-3-5-10/h6-8,10,13,16-17H,2-5,9,15H2,1H3. The van der Waals surface area contributed by atoms with Crippen LogP contribution >= 0.6 is 0 Å². The summed E-state index contributed by atoms with van der Waals surface area (Å²) in [6.07, 6.45) is 4.39. The van der Waals surface area contributed by atoms with Gasteiger partial charge in [0.2, 0.25) is 10.0 Å². The number of nitrogens with two attached hydrogens (primary N) is 1. The summed E-state index contributed by atoms with van der Waals surface area (Å²) in [5.41, 5.74) is 5.84. The monoisotopic (exact) mass is 342 g/mol. The minimum Gasteiger partial charge on any atom is -0.375 e. The molecule has 0 saturated heterocycles. The number of benzene rings is 1. The third-order valence-corrected chi connectivity index (χ3v) is 5.72. The summed E-state index contributed by atoms with van der Waals surface area (Å²) < 4.78 is 25.8. The number of nitro benzene ring substituents is 1. The van der Waals surface area contributed by atoms with Gasteiger partial charge in [0, 0.05) is 18.7 Å². The molecule has 1 unspecified atom stereocenters. The highest BCUT2D eigenvalue weighted by Crippen LogP contribution is 2.32. The molecule has 0 radical (unpaired) electrons. The Labute approximate surface area is 135 Å². The first kappa shape index (κ1) is 17.6. The topological polar surface area (TPSA) is 127 Å². The van der Waals surface area contributed by atoms with Gasteiger partial charge in [-0.1, -0.05) is 12.8 Å². The molecule has 1 saturated carbocycles. The zero-order valence-corrected chi connectivity index (χ0v) is 13.8. The number of nitro groups is 1. The molecular formula is C14H22N4O4S. The summed E-state index contributed by atoms with van der Waals surface area (Å²) in [6.45, 7) is 0.373. The quantitative estimate of drug-likeness (QED) is 0.508. The van der Waals surface area contributed by atoms with E-state index in [9.17, 15) is 18.5 Å². The number of sulfonamides is 1. The Morgan fingerprint density at radius 1 is 1.39 bits per heavy atom. The first-order valence-electron chi connectivity index (χ1n) is 7.57. The van der Waals surface area contributed by atoms with E-state index in [1.165, 1.54) is 19.2 Å². The number of hydrogen-bond acceptors (Lipinski definition) is 6. The van der Waals surface area contributed by atoms with Gasteiger partial charge in [-0.05, 0) is 37.9 Å². The number of rotatable bonds is 7. The molecule has 0 bridgehead atoms. The molecule has 128 valence electrons. The van der Waals surface area contributed by atoms with Crippen LogP contribution in [0.1, 0.15) is 25.7 Å². The van der Waals surface area contributed by atoms with Crippen LogP contribution in [0.2, 0.25) is 0 Å². The summed E-state index contributed by atoms with van der Waals surface area (Å²) in [5, 5.41) is 14.4. The van der Waals surface area contributed by atoms with Crippen LogP contribution in [0.4, 0.5) is 11.4 Å². The average Bonchev–Trinajstić information content (AvgIpc) is 3.06. The third kappa shape index (κ3) is 3.98. The molecule has 0 spiro atoms. The highest BCUT2D eigenvalue weighted by molar-refractivity contribution is 7.89. The molecule has 1 fully saturated rings. The molecule has 4 N–H and O–H groups in total. The lowest BCUT2D eigenvalue weighted by molar-refractivity contribution is -0.384. The molecule has 8 nitrogen and oxygen atoms in total. The van der Waals surface area contributed by atoms with Crippen molar-refractivity contribution >= 4 is 21.4 Å². The van der Waals surface area contributed by atoms with E-state index in [2.05, 4.69) is 10.0 Å². The molecule has 1 atom stereocenters. The van der Waals surface area contributed by atoms with E-state index in [0.717, 1.165) is 31.7 Å². The zero-order chi connectivity index (χ0) is 17.0. The lowest BCUT2D eigenvalue weighted by Crippen LogP contribution is -2.35. The van der Waals surface area contributed by atoms with E-state index in [-0.39, 0.29) is 16.6 Å². The molecule has 1 aliphatic rings. The predicted octanol–water partition coefficient (Wildman–Crippen LogP) is 1.43. The highest BCUT2D eigenvalue weighted by atomic mass is 32.2. The molecule has 0 heterocycles. The Morgan fingerprint density at radius 3 is 2.57 bits per heavy atom. The van der Waals surface area contributed by atoms with Crippen LogP contribution in [-0.2, 0) is 10.0 Å². The van der Waals surface area contributed by atoms with Gasteiger partial charge in [0.1, 0.15) is 5.69 Å². The van der Waals surface area contributed by atoms with E-state index in [0.29, 0.717) is 18.2 Å². The van der Waals surface area contributed by atoms with Gasteiger partial charge in [0.05, 0.1) is 9.82 Å². The molecule has 1 aromatic rings. The van der Waals surface area contributed by atoms with Crippen molar-refractivity contribution in [3.8, 4) is 0 Å². The Morgan fingerprint density at radius 2 is 2.04 bits per heavy atom. The van der Waals surface area contributed by atoms with E-state index in [1.54, 1.807) is 0 Å². The maximum absolute atomic E-state index is 11.8. The van der Waals surface area contributed by atoms with Gasteiger partial charge < -0.3 is 11.1 Å². The maximum atomic E-state index is 11.8. The van der Waals surface area contributed by atoms with Crippen LogP contribution in [0.3, 0.4) is 0 Å². The number of nitrogens with zero attached hydrogens (tertiary/aromatic N) is 1. The first-order chi connectivity index (χ1) is 10.9. The fourth-order valence-corrected chi connectivity index (χ4v) is 3.75. The van der Waals surface area contributed by atoms with Gasteiger partial charge in [0.15, 0.2) is 0 Å². The van der Waals surface area contributed by atoms with Crippen molar-refractivity contribution in [1.82, 2.24) is 4.72 Å². The summed E-state index contributed by atoms with van der Waals surface area (Å²) in [6, 6.07) is 3.79. The molecule has 0 amide bonds. The van der Waals surface area contributed by atoms with E-state index in [4.69, 9.17) is 5.73 Å². The second-order valence-corrected chi connectivity index (χ2v) is 7.56. The van der Waals surface area contributed by atoms with Gasteiger partial charge in [-0.25, -0.2) is 13.1 Å². The van der Waals surface area contributed by atoms with Crippen molar-refractivity contribution in [2.75, 3.05) is 18.9 Å². The second-order valence-electron chi connectivity index (χ2n) is 5.67. The van der Waals surface area contributed by atoms with Crippen LogP contribution < -0.4 is 15.8 Å². The predicted molar refractivity (Wildman–Crippen MR) is 87.8 cm³/mol. The molecule has 2 rings (SSSR count). The van der Waals surface area contributed by atoms with Crippen LogP contribution in [0.25, 0.3) is 0 Å². The highest BCUT2D eigenvalue weighted by Gasteiger charge is 2.27. The summed E-state index contributed by atoms with van der Waals surface area (Å²) in [5.74, 6) is 0.389. The van der Waals surface area contributed by atoms with Gasteiger partial charge in [0.25, 0.3) is 5.69 Å². The van der Waals surface area contributed by atoms with Gasteiger partial charge in [-0.2, -0.15) is 0 Å². The molecule has 0 aliphatic heterocycles. The van der Waals surface area contributed by atoms with E-state index < -0.39 is 14.9 Å². The van der Waals surface area contributed by atoms with Gasteiger partial charge >= 0.3 is 0 Å². The van der Waals surface area contributed by atoms with Crippen molar-refractivity contribution in [2.24, 2.45) is 11.7 Å². The van der Waals surface area contributed by atoms with Gasteiger partial charge in [-0.3, -0.25) is 10.1 Å². The minimum absolute atomic E-state index is 0.0528. The summed E-state index contributed by atoms with van der Waals surface area (Å²) in [4.78, 5) is 10.6. The Kier molecular flexibility index (Phi) is 5.55. The smallest absolute Gasteiger partial charge is 0.293 e. The summed E-state index contributed by atoms with van der Waals surface area (Å²) in [7, 11) is -2.47.